The van der Waals surface area contributed by atoms with Gasteiger partial charge in [0.15, 0.2) is 0 Å². The van der Waals surface area contributed by atoms with Crippen LogP contribution >= 0.6 is 0 Å². The van der Waals surface area contributed by atoms with Crippen molar-refractivity contribution in [3.8, 4) is 0 Å². The molecule has 0 heterocycles. The number of nitrogens with zero attached hydrogens (tertiary/aromatic N) is 1. The van der Waals surface area contributed by atoms with E-state index in [0.717, 1.165) is 41.3 Å². The molecule has 3 nitrogen and oxygen atoms in total. The second-order valence-corrected chi connectivity index (χ2v) is 6.58. The molecule has 27 heavy (non-hydrogen) atoms. The van der Waals surface area contributed by atoms with Crippen LogP contribution < -0.4 is 11.1 Å². The number of nitrogens with two attached hydrogens (primary N) is 1. The van der Waals surface area contributed by atoms with E-state index in [1.165, 1.54) is 16.7 Å². The van der Waals surface area contributed by atoms with E-state index in [1.54, 1.807) is 0 Å². The van der Waals surface area contributed by atoms with E-state index in [0.29, 0.717) is 0 Å². The SMILES string of the molecule is CCN=C1C=CC(=C(c2ccc(NCC)cc2)c2ccc(N)c(C)c2)C=C1. The zero-order valence-electron chi connectivity index (χ0n) is 16.3. The lowest BCUT2D eigenvalue weighted by molar-refractivity contribution is 1.13. The van der Waals surface area contributed by atoms with Crippen LogP contribution in [0.5, 0.6) is 0 Å². The molecule has 0 bridgehead atoms. The highest BCUT2D eigenvalue weighted by molar-refractivity contribution is 6.07. The maximum atomic E-state index is 6.04. The number of nitrogens with one attached hydrogen (secondary N) is 1. The number of aliphatic imine (C=N–C) groups is 1. The van der Waals surface area contributed by atoms with Crippen LogP contribution in [0.3, 0.4) is 0 Å². The Kier molecular flexibility index (Phi) is 5.92. The zero-order valence-corrected chi connectivity index (χ0v) is 16.3. The molecule has 3 heteroatoms. The fraction of sp³-hybridized carbons (Fsp3) is 0.208. The first kappa shape index (κ1) is 18.7. The second-order valence-electron chi connectivity index (χ2n) is 6.58. The molecule has 1 aliphatic rings. The van der Waals surface area contributed by atoms with Crippen molar-refractivity contribution in [1.29, 1.82) is 0 Å². The number of rotatable bonds is 5. The molecule has 0 unspecified atom stereocenters. The van der Waals surface area contributed by atoms with Crippen LogP contribution in [0.4, 0.5) is 11.4 Å². The lowest BCUT2D eigenvalue weighted by Crippen LogP contribution is -2.00. The Bertz CT molecular complexity index is 911. The summed E-state index contributed by atoms with van der Waals surface area (Å²) in [5.74, 6) is 0. The molecule has 0 aliphatic heterocycles. The third kappa shape index (κ3) is 4.37. The van der Waals surface area contributed by atoms with E-state index in [9.17, 15) is 0 Å². The van der Waals surface area contributed by atoms with Crippen LogP contribution in [0.2, 0.25) is 0 Å². The molecule has 138 valence electrons. The van der Waals surface area contributed by atoms with Crippen molar-refractivity contribution in [2.24, 2.45) is 4.99 Å². The van der Waals surface area contributed by atoms with Crippen molar-refractivity contribution in [3.05, 3.63) is 89.0 Å². The summed E-state index contributed by atoms with van der Waals surface area (Å²) in [6.45, 7) is 7.91. The van der Waals surface area contributed by atoms with E-state index in [1.807, 2.05) is 13.0 Å². The third-order valence-electron chi connectivity index (χ3n) is 4.61. The minimum atomic E-state index is 0.791. The quantitative estimate of drug-likeness (QED) is 0.704. The minimum Gasteiger partial charge on any atom is -0.399 e. The van der Waals surface area contributed by atoms with Crippen molar-refractivity contribution >= 4 is 22.7 Å². The van der Waals surface area contributed by atoms with E-state index < -0.39 is 0 Å². The molecule has 0 fully saturated rings. The average Bonchev–Trinajstić information content (AvgIpc) is 2.68. The molecule has 0 saturated heterocycles. The number of allylic oxidation sites excluding steroid dienone is 5. The Hall–Kier alpha value is -3.07. The van der Waals surface area contributed by atoms with Gasteiger partial charge in [0.1, 0.15) is 0 Å². The molecule has 2 aromatic carbocycles. The summed E-state index contributed by atoms with van der Waals surface area (Å²) >= 11 is 0. The molecule has 0 radical (unpaired) electrons. The second kappa shape index (κ2) is 8.54. The number of nitrogen functional groups attached to an aromatic ring is 1. The maximum Gasteiger partial charge on any atom is 0.0574 e. The summed E-state index contributed by atoms with van der Waals surface area (Å²) in [6.07, 6.45) is 8.45. The number of anilines is 2. The molecule has 0 spiro atoms. The Labute approximate surface area is 162 Å². The predicted octanol–water partition coefficient (Wildman–Crippen LogP) is 5.40. The normalized spacial score (nSPS) is 13.0. The molecule has 2 aromatic rings. The van der Waals surface area contributed by atoms with Crippen LogP contribution in [0.25, 0.3) is 5.57 Å². The van der Waals surface area contributed by atoms with Crippen molar-refractivity contribution in [2.75, 3.05) is 24.1 Å². The van der Waals surface area contributed by atoms with E-state index >= 15 is 0 Å². The summed E-state index contributed by atoms with van der Waals surface area (Å²) in [5, 5.41) is 3.35. The van der Waals surface area contributed by atoms with Gasteiger partial charge >= 0.3 is 0 Å². The Morgan fingerprint density at radius 3 is 2.19 bits per heavy atom. The molecule has 0 aromatic heterocycles. The van der Waals surface area contributed by atoms with Crippen LogP contribution in [0.1, 0.15) is 30.5 Å². The molecule has 3 N–H and O–H groups in total. The minimum absolute atomic E-state index is 0.791. The lowest BCUT2D eigenvalue weighted by atomic mass is 9.90. The summed E-state index contributed by atoms with van der Waals surface area (Å²) in [4.78, 5) is 4.48. The van der Waals surface area contributed by atoms with E-state index in [-0.39, 0.29) is 0 Å². The van der Waals surface area contributed by atoms with Gasteiger partial charge in [-0.05, 0) is 85.0 Å². The van der Waals surface area contributed by atoms with E-state index in [2.05, 4.69) is 84.9 Å². The highest BCUT2D eigenvalue weighted by atomic mass is 14.8. The van der Waals surface area contributed by atoms with Crippen LogP contribution in [0, 0.1) is 6.92 Å². The van der Waals surface area contributed by atoms with Gasteiger partial charge in [0.2, 0.25) is 0 Å². The Morgan fingerprint density at radius 2 is 1.59 bits per heavy atom. The number of hydrogen-bond acceptors (Lipinski definition) is 3. The summed E-state index contributed by atoms with van der Waals surface area (Å²) in [6, 6.07) is 14.8. The highest BCUT2D eigenvalue weighted by Crippen LogP contribution is 2.32. The predicted molar refractivity (Wildman–Crippen MR) is 118 cm³/mol. The monoisotopic (exact) mass is 357 g/mol. The molecule has 0 saturated carbocycles. The van der Waals surface area contributed by atoms with Crippen molar-refractivity contribution in [2.45, 2.75) is 20.8 Å². The number of aryl methyl sites for hydroxylation is 1. The lowest BCUT2D eigenvalue weighted by Gasteiger charge is -2.16. The van der Waals surface area contributed by atoms with Gasteiger partial charge in [-0.15, -0.1) is 0 Å². The van der Waals surface area contributed by atoms with Crippen molar-refractivity contribution in [1.82, 2.24) is 0 Å². The molecule has 0 amide bonds. The molecule has 1 aliphatic carbocycles. The fourth-order valence-corrected chi connectivity index (χ4v) is 3.21. The van der Waals surface area contributed by atoms with Gasteiger partial charge in [-0.2, -0.15) is 0 Å². The summed E-state index contributed by atoms with van der Waals surface area (Å²) in [5.41, 5.74) is 14.8. The van der Waals surface area contributed by atoms with Gasteiger partial charge in [0.25, 0.3) is 0 Å². The first-order valence-corrected chi connectivity index (χ1v) is 9.48. The molecular weight excluding hydrogens is 330 g/mol. The maximum absolute atomic E-state index is 6.04. The van der Waals surface area contributed by atoms with Crippen LogP contribution in [-0.4, -0.2) is 18.8 Å². The number of benzene rings is 2. The van der Waals surface area contributed by atoms with Gasteiger partial charge in [0.05, 0.1) is 5.71 Å². The van der Waals surface area contributed by atoms with Crippen LogP contribution in [-0.2, 0) is 0 Å². The summed E-state index contributed by atoms with van der Waals surface area (Å²) < 4.78 is 0. The first-order chi connectivity index (χ1) is 13.1. The van der Waals surface area contributed by atoms with Gasteiger partial charge in [0, 0.05) is 24.5 Å². The highest BCUT2D eigenvalue weighted by Gasteiger charge is 2.12. The third-order valence-corrected chi connectivity index (χ3v) is 4.61. The van der Waals surface area contributed by atoms with Gasteiger partial charge in [-0.25, -0.2) is 0 Å². The topological polar surface area (TPSA) is 50.4 Å². The van der Waals surface area contributed by atoms with Gasteiger partial charge < -0.3 is 11.1 Å². The zero-order chi connectivity index (χ0) is 19.2. The van der Waals surface area contributed by atoms with E-state index in [4.69, 9.17) is 5.73 Å². The van der Waals surface area contributed by atoms with Crippen molar-refractivity contribution < 1.29 is 0 Å². The summed E-state index contributed by atoms with van der Waals surface area (Å²) in [7, 11) is 0. The Morgan fingerprint density at radius 1 is 0.926 bits per heavy atom. The standard InChI is InChI=1S/C24H27N3/c1-4-26-21-11-6-18(7-12-21)24(20-10-15-23(25)17(3)16-20)19-8-13-22(14-9-19)27-5-2/h6-16,26H,4-5,25H2,1-3H3. The molecule has 0 atom stereocenters. The van der Waals surface area contributed by atoms with Crippen molar-refractivity contribution in [3.63, 3.8) is 0 Å². The fourth-order valence-electron chi connectivity index (χ4n) is 3.21. The Balaban J connectivity index is 2.11. The van der Waals surface area contributed by atoms with Gasteiger partial charge in [-0.1, -0.05) is 30.4 Å². The van der Waals surface area contributed by atoms with Gasteiger partial charge in [-0.3, -0.25) is 4.99 Å². The molecule has 3 rings (SSSR count). The molecular formula is C24H27N3. The van der Waals surface area contributed by atoms with Crippen LogP contribution in [0.15, 0.2) is 77.3 Å². The average molecular weight is 358 g/mol. The first-order valence-electron chi connectivity index (χ1n) is 9.48. The largest absolute Gasteiger partial charge is 0.399 e. The number of hydrogen-bond donors (Lipinski definition) is 2. The smallest absolute Gasteiger partial charge is 0.0574 e.